The van der Waals surface area contributed by atoms with Gasteiger partial charge in [-0.25, -0.2) is 24.0 Å². The number of hydrogen-bond donors (Lipinski definition) is 1. The zero-order valence-corrected chi connectivity index (χ0v) is 22.6. The maximum Gasteiger partial charge on any atom is 0.346 e. The average Bonchev–Trinajstić information content (AvgIpc) is 3.49. The number of rotatable bonds is 9. The van der Waals surface area contributed by atoms with Gasteiger partial charge in [0, 0.05) is 29.8 Å². The number of pyridine rings is 1. The van der Waals surface area contributed by atoms with Gasteiger partial charge in [-0.05, 0) is 50.6 Å². The summed E-state index contributed by atoms with van der Waals surface area (Å²) in [6.07, 6.45) is 3.02. The number of likely N-dealkylation sites (tertiary alicyclic amines) is 1. The van der Waals surface area contributed by atoms with Crippen LogP contribution in [0.1, 0.15) is 51.9 Å². The smallest absolute Gasteiger partial charge is 0.346 e. The van der Waals surface area contributed by atoms with E-state index in [1.807, 2.05) is 12.1 Å². The van der Waals surface area contributed by atoms with Gasteiger partial charge in [-0.2, -0.15) is 0 Å². The number of nitrogens with zero attached hydrogens (tertiary/aromatic N) is 5. The summed E-state index contributed by atoms with van der Waals surface area (Å²) in [5, 5.41) is 9.42. The molecule has 0 unspecified atom stereocenters. The minimum atomic E-state index is -0.927. The number of fused-ring (bicyclic) bond motifs is 1. The van der Waals surface area contributed by atoms with Crippen LogP contribution in [0.2, 0.25) is 0 Å². The Hall–Kier alpha value is -3.85. The Morgan fingerprint density at radius 1 is 1.20 bits per heavy atom. The van der Waals surface area contributed by atoms with Crippen LogP contribution < -0.4 is 4.74 Å². The Bertz CT molecular complexity index is 1580. The lowest BCUT2D eigenvalue weighted by molar-refractivity contribution is -0.0591. The van der Waals surface area contributed by atoms with Crippen LogP contribution in [0, 0.1) is 12.4 Å². The fourth-order valence-corrected chi connectivity index (χ4v) is 6.17. The third-order valence-corrected chi connectivity index (χ3v) is 8.68. The van der Waals surface area contributed by atoms with Crippen molar-refractivity contribution in [3.8, 4) is 5.88 Å². The van der Waals surface area contributed by atoms with E-state index >= 15 is 0 Å². The van der Waals surface area contributed by atoms with E-state index in [1.54, 1.807) is 24.3 Å². The van der Waals surface area contributed by atoms with E-state index in [9.17, 15) is 14.3 Å². The lowest BCUT2D eigenvalue weighted by Crippen LogP contribution is -2.35. The number of carbonyl (C=O) groups is 1. The number of imidazole rings is 1. The number of thiophene rings is 1. The summed E-state index contributed by atoms with van der Waals surface area (Å²) in [4.78, 5) is 27.8. The fourth-order valence-electron chi connectivity index (χ4n) is 5.21. The Labute approximate surface area is 234 Å². The SMILES string of the molecule is [C-]#[N+]c1ccc(COc2cccc(C3CCN(Cc4nc5cc(C(=O)O)sc5n4C[C@@H]4CCO4)CC3)n2)c(F)c1. The van der Waals surface area contributed by atoms with E-state index in [-0.39, 0.29) is 18.4 Å². The predicted molar refractivity (Wildman–Crippen MR) is 147 cm³/mol. The van der Waals surface area contributed by atoms with Gasteiger partial charge in [0.1, 0.15) is 33.5 Å². The van der Waals surface area contributed by atoms with Crippen molar-refractivity contribution in [2.24, 2.45) is 0 Å². The van der Waals surface area contributed by atoms with Gasteiger partial charge < -0.3 is 19.1 Å². The minimum absolute atomic E-state index is 0.0446. The second-order valence-electron chi connectivity index (χ2n) is 10.2. The molecule has 2 saturated heterocycles. The Morgan fingerprint density at radius 2 is 2.02 bits per heavy atom. The number of halogens is 1. The number of aromatic carboxylic acids is 1. The molecule has 1 atom stereocenters. The average molecular weight is 562 g/mol. The lowest BCUT2D eigenvalue weighted by atomic mass is 9.93. The first kappa shape index (κ1) is 26.4. The number of carboxylic acid groups (broad SMARTS) is 1. The monoisotopic (exact) mass is 561 g/mol. The predicted octanol–water partition coefficient (Wildman–Crippen LogP) is 5.63. The summed E-state index contributed by atoms with van der Waals surface area (Å²) in [7, 11) is 0. The van der Waals surface area contributed by atoms with Gasteiger partial charge in [-0.1, -0.05) is 18.2 Å². The molecule has 11 heteroatoms. The number of hydrogen-bond acceptors (Lipinski definition) is 7. The number of carboxylic acids is 1. The number of aromatic nitrogens is 3. The standard InChI is InChI=1S/C29H28FN5O4S/c1-31-20-6-5-19(22(30)13-20)17-39-27-4-2-3-23(33-27)18-7-10-34(11-8-18)16-26-32-24-14-25(29(36)37)40-28(24)35(26)15-21-9-12-38-21/h2-6,13-14,18,21H,7-12,15-17H2,(H,36,37)/t21-/m0/s1. The summed E-state index contributed by atoms with van der Waals surface area (Å²) < 4.78 is 27.8. The molecule has 9 nitrogen and oxygen atoms in total. The fraction of sp³-hybridized carbons (Fsp3) is 0.379. The van der Waals surface area contributed by atoms with Crippen molar-refractivity contribution < 1.29 is 23.8 Å². The first-order valence-corrected chi connectivity index (χ1v) is 14.1. The lowest BCUT2D eigenvalue weighted by Gasteiger charge is -2.32. The van der Waals surface area contributed by atoms with E-state index in [0.29, 0.717) is 35.3 Å². The summed E-state index contributed by atoms with van der Waals surface area (Å²) in [6, 6.07) is 11.7. The quantitative estimate of drug-likeness (QED) is 0.265. The van der Waals surface area contributed by atoms with Crippen LogP contribution >= 0.6 is 11.3 Å². The zero-order valence-electron chi connectivity index (χ0n) is 21.8. The highest BCUT2D eigenvalue weighted by atomic mass is 32.1. The molecule has 4 aromatic rings. The summed E-state index contributed by atoms with van der Waals surface area (Å²) in [5.74, 6) is 0.301. The van der Waals surface area contributed by atoms with Crippen LogP contribution in [0.15, 0.2) is 42.5 Å². The summed E-state index contributed by atoms with van der Waals surface area (Å²) in [5.41, 5.74) is 2.34. The minimum Gasteiger partial charge on any atom is -0.477 e. The molecule has 0 aliphatic carbocycles. The molecule has 1 aromatic carbocycles. The molecular formula is C29H28FN5O4S. The molecule has 2 aliphatic heterocycles. The Morgan fingerprint density at radius 3 is 2.73 bits per heavy atom. The molecule has 0 spiro atoms. The maximum atomic E-state index is 14.2. The van der Waals surface area contributed by atoms with Crippen molar-refractivity contribution >= 4 is 33.3 Å². The van der Waals surface area contributed by atoms with Crippen LogP contribution in [0.5, 0.6) is 5.88 Å². The molecule has 6 rings (SSSR count). The molecule has 2 fully saturated rings. The molecule has 1 N–H and O–H groups in total. The zero-order chi connectivity index (χ0) is 27.6. The largest absolute Gasteiger partial charge is 0.477 e. The molecule has 206 valence electrons. The summed E-state index contributed by atoms with van der Waals surface area (Å²) in [6.45, 7) is 11.0. The summed E-state index contributed by atoms with van der Waals surface area (Å²) >= 11 is 1.27. The highest BCUT2D eigenvalue weighted by molar-refractivity contribution is 7.20. The molecule has 0 radical (unpaired) electrons. The van der Waals surface area contributed by atoms with Crippen LogP contribution in [0.3, 0.4) is 0 Å². The Balaban J connectivity index is 1.08. The van der Waals surface area contributed by atoms with Crippen molar-refractivity contribution in [1.29, 1.82) is 0 Å². The third-order valence-electron chi connectivity index (χ3n) is 7.55. The van der Waals surface area contributed by atoms with Gasteiger partial charge in [-0.3, -0.25) is 4.90 Å². The molecular weight excluding hydrogens is 533 g/mol. The second kappa shape index (κ2) is 11.3. The van der Waals surface area contributed by atoms with Crippen molar-refractivity contribution in [3.05, 3.63) is 81.7 Å². The first-order chi connectivity index (χ1) is 19.5. The Kier molecular flexibility index (Phi) is 7.47. The van der Waals surface area contributed by atoms with Crippen molar-refractivity contribution in [1.82, 2.24) is 19.4 Å². The first-order valence-electron chi connectivity index (χ1n) is 13.3. The van der Waals surface area contributed by atoms with Crippen LogP contribution in [-0.4, -0.2) is 56.3 Å². The molecule has 0 saturated carbocycles. The molecule has 3 aromatic heterocycles. The van der Waals surface area contributed by atoms with Crippen molar-refractivity contribution in [2.45, 2.75) is 51.0 Å². The van der Waals surface area contributed by atoms with Gasteiger partial charge in [-0.15, -0.1) is 11.3 Å². The topological polar surface area (TPSA) is 94.1 Å². The molecule has 0 bridgehead atoms. The molecule has 0 amide bonds. The number of ether oxygens (including phenoxy) is 2. The van der Waals surface area contributed by atoms with Crippen LogP contribution in [0.4, 0.5) is 10.1 Å². The van der Waals surface area contributed by atoms with Crippen LogP contribution in [0.25, 0.3) is 15.2 Å². The van der Waals surface area contributed by atoms with Gasteiger partial charge in [0.25, 0.3) is 0 Å². The van der Waals surface area contributed by atoms with Gasteiger partial charge in [0.2, 0.25) is 5.88 Å². The molecule has 5 heterocycles. The second-order valence-corrected chi connectivity index (χ2v) is 11.2. The molecule has 40 heavy (non-hydrogen) atoms. The van der Waals surface area contributed by atoms with Gasteiger partial charge in [0.15, 0.2) is 5.69 Å². The normalized spacial score (nSPS) is 17.9. The van der Waals surface area contributed by atoms with Crippen molar-refractivity contribution in [3.63, 3.8) is 0 Å². The van der Waals surface area contributed by atoms with E-state index in [4.69, 9.17) is 26.0 Å². The van der Waals surface area contributed by atoms with Gasteiger partial charge >= 0.3 is 5.97 Å². The van der Waals surface area contributed by atoms with E-state index in [2.05, 4.69) is 14.3 Å². The van der Waals surface area contributed by atoms with E-state index in [1.165, 1.54) is 17.4 Å². The van der Waals surface area contributed by atoms with E-state index < -0.39 is 11.8 Å². The third kappa shape index (κ3) is 5.56. The highest BCUT2D eigenvalue weighted by Gasteiger charge is 2.27. The highest BCUT2D eigenvalue weighted by Crippen LogP contribution is 2.32. The number of piperidine rings is 1. The maximum absolute atomic E-state index is 14.2. The van der Waals surface area contributed by atoms with Crippen molar-refractivity contribution in [2.75, 3.05) is 19.7 Å². The number of benzene rings is 1. The van der Waals surface area contributed by atoms with Crippen LogP contribution in [-0.2, 0) is 24.4 Å². The van der Waals surface area contributed by atoms with Gasteiger partial charge in [0.05, 0.1) is 25.8 Å². The molecule has 2 aliphatic rings. The van der Waals surface area contributed by atoms with E-state index in [0.717, 1.165) is 60.8 Å².